The highest BCUT2D eigenvalue weighted by molar-refractivity contribution is 6.04. The summed E-state index contributed by atoms with van der Waals surface area (Å²) in [6.45, 7) is 8.21. The zero-order chi connectivity index (χ0) is 17.4. The van der Waals surface area contributed by atoms with E-state index in [1.54, 1.807) is 6.07 Å². The molecule has 0 radical (unpaired) electrons. The lowest BCUT2D eigenvalue weighted by molar-refractivity contribution is 0.0527. The normalized spacial score (nSPS) is 19.2. The number of rotatable bonds is 2. The second kappa shape index (κ2) is 6.36. The smallest absolute Gasteiger partial charge is 0.275 e. The summed E-state index contributed by atoms with van der Waals surface area (Å²) in [5.41, 5.74) is 0.221. The molecule has 1 amide bonds. The largest absolute Gasteiger partial charge is 0.332 e. The van der Waals surface area contributed by atoms with Crippen LogP contribution in [0.2, 0.25) is 0 Å². The van der Waals surface area contributed by atoms with Gasteiger partial charge in [0.05, 0.1) is 11.4 Å². The van der Waals surface area contributed by atoms with Crippen molar-refractivity contribution in [2.24, 2.45) is 0 Å². The quantitative estimate of drug-likeness (QED) is 0.843. The third kappa shape index (κ3) is 2.82. The van der Waals surface area contributed by atoms with Gasteiger partial charge in [0.15, 0.2) is 5.69 Å². The van der Waals surface area contributed by atoms with Crippen LogP contribution in [0, 0.1) is 0 Å². The molecule has 1 fully saturated rings. The minimum Gasteiger partial charge on any atom is -0.332 e. The average Bonchev–Trinajstić information content (AvgIpc) is 2.54. The predicted molar refractivity (Wildman–Crippen MR) is 94.4 cm³/mol. The van der Waals surface area contributed by atoms with Crippen LogP contribution >= 0.6 is 0 Å². The van der Waals surface area contributed by atoms with Crippen molar-refractivity contribution in [3.63, 3.8) is 0 Å². The van der Waals surface area contributed by atoms with Gasteiger partial charge in [0.25, 0.3) is 11.5 Å². The summed E-state index contributed by atoms with van der Waals surface area (Å²) in [7, 11) is 2.06. The Morgan fingerprint density at radius 3 is 2.50 bits per heavy atom. The zero-order valence-corrected chi connectivity index (χ0v) is 14.7. The number of hydrogen-bond donors (Lipinski definition) is 0. The predicted octanol–water partition coefficient (Wildman–Crippen LogP) is 1.75. The first-order chi connectivity index (χ1) is 11.4. The Hall–Kier alpha value is -2.21. The number of likely N-dealkylation sites (N-methyl/N-ethyl adjacent to an activating group) is 1. The zero-order valence-electron chi connectivity index (χ0n) is 14.7. The van der Waals surface area contributed by atoms with Gasteiger partial charge in [-0.3, -0.25) is 9.59 Å². The maximum absolute atomic E-state index is 13.1. The van der Waals surface area contributed by atoms with Crippen LogP contribution in [0.5, 0.6) is 0 Å². The lowest BCUT2D eigenvalue weighted by atomic mass is 10.1. The fourth-order valence-corrected chi connectivity index (χ4v) is 3.29. The number of aromatic nitrogens is 2. The highest BCUT2D eigenvalue weighted by Crippen LogP contribution is 2.19. The van der Waals surface area contributed by atoms with Gasteiger partial charge in [-0.05, 0) is 33.9 Å². The van der Waals surface area contributed by atoms with Crippen molar-refractivity contribution >= 4 is 16.7 Å². The molecule has 6 heteroatoms. The van der Waals surface area contributed by atoms with Crippen molar-refractivity contribution in [1.29, 1.82) is 0 Å². The summed E-state index contributed by atoms with van der Waals surface area (Å²) in [6, 6.07) is 7.26. The van der Waals surface area contributed by atoms with Crippen molar-refractivity contribution in [3.05, 3.63) is 40.3 Å². The minimum atomic E-state index is -0.149. The molecule has 1 aromatic heterocycles. The second-order valence-corrected chi connectivity index (χ2v) is 6.85. The molecule has 128 valence electrons. The topological polar surface area (TPSA) is 58.4 Å². The summed E-state index contributed by atoms with van der Waals surface area (Å²) < 4.78 is 1.41. The van der Waals surface area contributed by atoms with Crippen molar-refractivity contribution < 1.29 is 4.79 Å². The minimum absolute atomic E-state index is 0.0961. The molecule has 1 aliphatic rings. The van der Waals surface area contributed by atoms with Crippen LogP contribution in [0.4, 0.5) is 0 Å². The molecule has 2 heterocycles. The lowest BCUT2D eigenvalue weighted by Crippen LogP contribution is -2.53. The van der Waals surface area contributed by atoms with Crippen LogP contribution in [-0.4, -0.2) is 58.2 Å². The molecule has 1 atom stereocenters. The van der Waals surface area contributed by atoms with E-state index < -0.39 is 0 Å². The first kappa shape index (κ1) is 16.6. The van der Waals surface area contributed by atoms with Crippen molar-refractivity contribution in [3.8, 4) is 0 Å². The Kier molecular flexibility index (Phi) is 4.41. The van der Waals surface area contributed by atoms with E-state index in [4.69, 9.17) is 0 Å². The molecule has 0 saturated carbocycles. The van der Waals surface area contributed by atoms with E-state index >= 15 is 0 Å². The molecule has 0 aliphatic carbocycles. The van der Waals surface area contributed by atoms with Gasteiger partial charge < -0.3 is 9.80 Å². The summed E-state index contributed by atoms with van der Waals surface area (Å²) in [4.78, 5) is 29.8. The summed E-state index contributed by atoms with van der Waals surface area (Å²) in [5.74, 6) is -0.0961. The average molecular weight is 328 g/mol. The van der Waals surface area contributed by atoms with Gasteiger partial charge in [0.2, 0.25) is 0 Å². The van der Waals surface area contributed by atoms with Crippen LogP contribution in [-0.2, 0) is 0 Å². The monoisotopic (exact) mass is 328 g/mol. The molecule has 0 bridgehead atoms. The number of carbonyl (C=O) groups excluding carboxylic acids is 1. The van der Waals surface area contributed by atoms with Gasteiger partial charge >= 0.3 is 0 Å². The number of benzene rings is 1. The van der Waals surface area contributed by atoms with Gasteiger partial charge in [-0.15, -0.1) is 0 Å². The van der Waals surface area contributed by atoms with E-state index in [2.05, 4.69) is 17.0 Å². The molecule has 24 heavy (non-hydrogen) atoms. The van der Waals surface area contributed by atoms with E-state index in [1.165, 1.54) is 4.68 Å². The maximum Gasteiger partial charge on any atom is 0.275 e. The number of hydrogen-bond acceptors (Lipinski definition) is 4. The van der Waals surface area contributed by atoms with E-state index in [9.17, 15) is 9.59 Å². The van der Waals surface area contributed by atoms with Crippen LogP contribution in [0.1, 0.15) is 37.3 Å². The Morgan fingerprint density at radius 1 is 1.21 bits per heavy atom. The van der Waals surface area contributed by atoms with Gasteiger partial charge in [0.1, 0.15) is 0 Å². The van der Waals surface area contributed by atoms with E-state index in [-0.39, 0.29) is 23.6 Å². The molecule has 1 aliphatic heterocycles. The molecular weight excluding hydrogens is 304 g/mol. The highest BCUT2D eigenvalue weighted by Gasteiger charge is 2.29. The number of nitrogens with zero attached hydrogens (tertiary/aromatic N) is 4. The van der Waals surface area contributed by atoms with Crippen LogP contribution < -0.4 is 5.56 Å². The van der Waals surface area contributed by atoms with Crippen LogP contribution in [0.3, 0.4) is 0 Å². The molecule has 0 unspecified atom stereocenters. The SMILES string of the molecule is CC(C)n1nc(C(=O)N2CCN(C)C[C@@H]2C)c2ccccc2c1=O. The second-order valence-electron chi connectivity index (χ2n) is 6.85. The Balaban J connectivity index is 2.13. The molecule has 3 rings (SSSR count). The molecule has 2 aromatic rings. The fraction of sp³-hybridized carbons (Fsp3) is 0.500. The summed E-state index contributed by atoms with van der Waals surface area (Å²) >= 11 is 0. The van der Waals surface area contributed by atoms with Crippen molar-refractivity contribution in [1.82, 2.24) is 19.6 Å². The van der Waals surface area contributed by atoms with Gasteiger partial charge in [-0.2, -0.15) is 5.10 Å². The van der Waals surface area contributed by atoms with Crippen LogP contribution in [0.25, 0.3) is 10.8 Å². The number of piperazine rings is 1. The summed E-state index contributed by atoms with van der Waals surface area (Å²) in [6.07, 6.45) is 0. The van der Waals surface area contributed by atoms with E-state index in [0.29, 0.717) is 23.0 Å². The Labute approximate surface area is 141 Å². The van der Waals surface area contributed by atoms with Gasteiger partial charge in [0, 0.05) is 31.1 Å². The molecule has 6 nitrogen and oxygen atoms in total. The summed E-state index contributed by atoms with van der Waals surface area (Å²) in [5, 5.41) is 5.61. The number of carbonyl (C=O) groups is 1. The van der Waals surface area contributed by atoms with E-state index in [1.807, 2.05) is 43.9 Å². The van der Waals surface area contributed by atoms with Gasteiger partial charge in [-0.1, -0.05) is 18.2 Å². The first-order valence-corrected chi connectivity index (χ1v) is 8.41. The highest BCUT2D eigenvalue weighted by atomic mass is 16.2. The first-order valence-electron chi connectivity index (χ1n) is 8.41. The molecule has 1 saturated heterocycles. The van der Waals surface area contributed by atoms with Crippen LogP contribution in [0.15, 0.2) is 29.1 Å². The molecule has 0 N–H and O–H groups in total. The lowest BCUT2D eigenvalue weighted by Gasteiger charge is -2.38. The standard InChI is InChI=1S/C18H24N4O2/c1-12(2)22-17(23)15-8-6-5-7-14(15)16(19-22)18(24)21-10-9-20(4)11-13(21)3/h5-8,12-13H,9-11H2,1-4H3/t13-/m0/s1. The maximum atomic E-state index is 13.1. The Bertz CT molecular complexity index is 827. The van der Waals surface area contributed by atoms with Crippen molar-refractivity contribution in [2.75, 3.05) is 26.7 Å². The molecule has 0 spiro atoms. The van der Waals surface area contributed by atoms with Gasteiger partial charge in [-0.25, -0.2) is 4.68 Å². The van der Waals surface area contributed by atoms with E-state index in [0.717, 1.165) is 13.1 Å². The molecular formula is C18H24N4O2. The number of amides is 1. The molecule has 1 aromatic carbocycles. The van der Waals surface area contributed by atoms with Crippen molar-refractivity contribution in [2.45, 2.75) is 32.9 Å². The third-order valence-corrected chi connectivity index (χ3v) is 4.61. The third-order valence-electron chi connectivity index (χ3n) is 4.61. The fourth-order valence-electron chi connectivity index (χ4n) is 3.29. The Morgan fingerprint density at radius 2 is 1.88 bits per heavy atom. The number of fused-ring (bicyclic) bond motifs is 1.